The Labute approximate surface area is 143 Å². The molecule has 0 saturated carbocycles. The van der Waals surface area contributed by atoms with Gasteiger partial charge in [0.1, 0.15) is 0 Å². The van der Waals surface area contributed by atoms with Crippen LogP contribution in [0.3, 0.4) is 0 Å². The van der Waals surface area contributed by atoms with Crippen LogP contribution in [0, 0.1) is 0 Å². The van der Waals surface area contributed by atoms with Gasteiger partial charge in [-0.2, -0.15) is 0 Å². The van der Waals surface area contributed by atoms with Crippen LogP contribution >= 0.6 is 11.8 Å². The number of H-pyrrole nitrogens is 1. The van der Waals surface area contributed by atoms with E-state index >= 15 is 0 Å². The number of carbonyl (C=O) groups is 1. The summed E-state index contributed by atoms with van der Waals surface area (Å²) in [5.74, 6) is -0.169. The van der Waals surface area contributed by atoms with Gasteiger partial charge in [-0.25, -0.2) is 4.79 Å². The maximum Gasteiger partial charge on any atom is 0.398 e. The van der Waals surface area contributed by atoms with Gasteiger partial charge in [0.25, 0.3) is 0 Å². The van der Waals surface area contributed by atoms with Crippen LogP contribution in [-0.2, 0) is 4.79 Å². The summed E-state index contributed by atoms with van der Waals surface area (Å²) in [5, 5.41) is 5.79. The Balaban J connectivity index is 2.03. The van der Waals surface area contributed by atoms with Crippen LogP contribution in [0.5, 0.6) is 0 Å². The average molecular weight is 341 g/mol. The van der Waals surface area contributed by atoms with Crippen molar-refractivity contribution < 1.29 is 9.48 Å². The summed E-state index contributed by atoms with van der Waals surface area (Å²) in [6.45, 7) is 1.45. The Hall–Kier alpha value is -2.80. The van der Waals surface area contributed by atoms with Crippen LogP contribution in [0.15, 0.2) is 64.4 Å². The van der Waals surface area contributed by atoms with E-state index in [1.165, 1.54) is 17.8 Å². The van der Waals surface area contributed by atoms with Crippen molar-refractivity contribution in [3.63, 3.8) is 0 Å². The number of para-hydroxylation sites is 2. The number of aromatic amines is 1. The van der Waals surface area contributed by atoms with Crippen molar-refractivity contribution in [3.8, 4) is 11.4 Å². The fourth-order valence-electron chi connectivity index (χ4n) is 2.37. The highest BCUT2D eigenvalue weighted by Gasteiger charge is 2.17. The predicted molar refractivity (Wildman–Crippen MR) is 94.0 cm³/mol. The molecule has 0 aliphatic carbocycles. The largest absolute Gasteiger partial charge is 0.398 e. The van der Waals surface area contributed by atoms with E-state index in [1.807, 2.05) is 48.7 Å². The predicted octanol–water partition coefficient (Wildman–Crippen LogP) is 2.12. The maximum atomic E-state index is 12.3. The van der Waals surface area contributed by atoms with E-state index in [9.17, 15) is 9.59 Å². The molecule has 0 atom stereocenters. The van der Waals surface area contributed by atoms with E-state index in [1.54, 1.807) is 22.5 Å². The van der Waals surface area contributed by atoms with Gasteiger partial charge >= 0.3 is 5.56 Å². The van der Waals surface area contributed by atoms with Crippen LogP contribution in [0.2, 0.25) is 0 Å². The topological polar surface area (TPSA) is 70.8 Å². The number of nitrogens with one attached hydrogen (secondary N) is 2. The fraction of sp³-hybridized carbons (Fsp3) is 0.118. The molecule has 3 rings (SSSR count). The summed E-state index contributed by atoms with van der Waals surface area (Å²) in [6, 6.07) is 15.0. The Morgan fingerprint density at radius 3 is 2.54 bits per heavy atom. The third-order valence-corrected chi connectivity index (χ3v) is 4.22. The zero-order chi connectivity index (χ0) is 17.1. The molecule has 1 heterocycles. The summed E-state index contributed by atoms with van der Waals surface area (Å²) < 4.78 is 3.05. The summed E-state index contributed by atoms with van der Waals surface area (Å²) >= 11 is 1.64. The Morgan fingerprint density at radius 1 is 1.17 bits per heavy atom. The molecule has 2 aromatic carbocycles. The van der Waals surface area contributed by atoms with Crippen molar-refractivity contribution in [2.75, 3.05) is 11.6 Å². The lowest BCUT2D eigenvalue weighted by atomic mass is 10.2. The molecular formula is C17H17N4O2S+. The molecule has 0 bridgehead atoms. The lowest BCUT2D eigenvalue weighted by molar-refractivity contribution is -0.660. The molecule has 6 nitrogen and oxygen atoms in total. The minimum Gasteiger partial charge on any atom is -0.323 e. The van der Waals surface area contributed by atoms with Gasteiger partial charge in [-0.15, -0.1) is 16.4 Å². The molecule has 0 aliphatic rings. The molecule has 0 radical (unpaired) electrons. The van der Waals surface area contributed by atoms with E-state index < -0.39 is 0 Å². The molecule has 2 N–H and O–H groups in total. The van der Waals surface area contributed by atoms with Crippen molar-refractivity contribution >= 4 is 23.4 Å². The van der Waals surface area contributed by atoms with E-state index in [0.717, 1.165) is 10.6 Å². The van der Waals surface area contributed by atoms with Crippen molar-refractivity contribution in [2.24, 2.45) is 0 Å². The lowest BCUT2D eigenvalue weighted by Gasteiger charge is -2.05. The minimum atomic E-state index is -0.190. The van der Waals surface area contributed by atoms with Gasteiger partial charge in [0, 0.05) is 11.8 Å². The number of aromatic nitrogens is 3. The SMILES string of the molecule is CSc1ccc(-n2[nH][n+](-c3ccccc3NC(C)=O)cc2=O)cc1. The van der Waals surface area contributed by atoms with Gasteiger partial charge in [0.05, 0.1) is 5.69 Å². The van der Waals surface area contributed by atoms with Crippen LogP contribution in [0.4, 0.5) is 5.69 Å². The fourth-order valence-corrected chi connectivity index (χ4v) is 2.78. The highest BCUT2D eigenvalue weighted by atomic mass is 32.2. The van der Waals surface area contributed by atoms with Crippen molar-refractivity contribution in [2.45, 2.75) is 11.8 Å². The van der Waals surface area contributed by atoms with Gasteiger partial charge in [-0.05, 0) is 42.7 Å². The number of nitrogens with zero attached hydrogens (tertiary/aromatic N) is 2. The molecule has 0 unspecified atom stereocenters. The molecular weight excluding hydrogens is 324 g/mol. The van der Waals surface area contributed by atoms with Crippen LogP contribution < -0.4 is 15.6 Å². The molecule has 24 heavy (non-hydrogen) atoms. The van der Waals surface area contributed by atoms with Crippen molar-refractivity contribution in [3.05, 3.63) is 65.1 Å². The monoisotopic (exact) mass is 341 g/mol. The quantitative estimate of drug-likeness (QED) is 0.564. The van der Waals surface area contributed by atoms with E-state index in [-0.39, 0.29) is 11.5 Å². The number of hydrogen-bond acceptors (Lipinski definition) is 3. The third-order valence-electron chi connectivity index (χ3n) is 3.47. The van der Waals surface area contributed by atoms with Crippen LogP contribution in [0.25, 0.3) is 11.4 Å². The van der Waals surface area contributed by atoms with Gasteiger partial charge in [0.15, 0.2) is 11.4 Å². The summed E-state index contributed by atoms with van der Waals surface area (Å²) in [7, 11) is 0. The number of carbonyl (C=O) groups excluding carboxylic acids is 1. The second-order valence-electron chi connectivity index (χ2n) is 5.17. The highest BCUT2D eigenvalue weighted by molar-refractivity contribution is 7.98. The summed E-state index contributed by atoms with van der Waals surface area (Å²) in [4.78, 5) is 24.8. The van der Waals surface area contributed by atoms with Crippen LogP contribution in [-0.4, -0.2) is 22.1 Å². The van der Waals surface area contributed by atoms with Crippen molar-refractivity contribution in [1.29, 1.82) is 0 Å². The first-order chi connectivity index (χ1) is 11.6. The number of amides is 1. The Morgan fingerprint density at radius 2 is 1.88 bits per heavy atom. The molecule has 1 aromatic heterocycles. The number of hydrogen-bond donors (Lipinski definition) is 2. The molecule has 0 spiro atoms. The number of rotatable bonds is 4. The molecule has 0 aliphatic heterocycles. The molecule has 3 aromatic rings. The summed E-state index contributed by atoms with van der Waals surface area (Å²) in [6.07, 6.45) is 3.45. The third kappa shape index (κ3) is 3.26. The first-order valence-corrected chi connectivity index (χ1v) is 8.56. The molecule has 7 heteroatoms. The molecule has 1 amide bonds. The number of thioether (sulfide) groups is 1. The smallest absolute Gasteiger partial charge is 0.323 e. The first kappa shape index (κ1) is 16.1. The van der Waals surface area contributed by atoms with Crippen molar-refractivity contribution in [1.82, 2.24) is 9.90 Å². The minimum absolute atomic E-state index is 0.169. The normalized spacial score (nSPS) is 10.6. The molecule has 0 saturated heterocycles. The first-order valence-electron chi connectivity index (χ1n) is 7.33. The van der Waals surface area contributed by atoms with Gasteiger partial charge < -0.3 is 5.32 Å². The second-order valence-corrected chi connectivity index (χ2v) is 6.05. The Kier molecular flexibility index (Phi) is 4.52. The Bertz CT molecular complexity index is 928. The zero-order valence-corrected chi connectivity index (χ0v) is 14.1. The number of benzene rings is 2. The standard InChI is InChI=1S/C17H16N4O2S/c1-12(22)18-15-5-3-4-6-16(15)20-11-17(23)21(19-20)13-7-9-14(24-2)10-8-13/h3-11H,1-2H3,(H-,18,19,22,23)/p+1. The average Bonchev–Trinajstić information content (AvgIpc) is 2.96. The zero-order valence-electron chi connectivity index (χ0n) is 13.3. The van der Waals surface area contributed by atoms with Gasteiger partial charge in [-0.3, -0.25) is 4.79 Å². The molecule has 122 valence electrons. The summed E-state index contributed by atoms with van der Waals surface area (Å²) in [5.41, 5.74) is 1.86. The van der Waals surface area contributed by atoms with E-state index in [0.29, 0.717) is 11.4 Å². The van der Waals surface area contributed by atoms with E-state index in [2.05, 4.69) is 10.5 Å². The highest BCUT2D eigenvalue weighted by Crippen LogP contribution is 2.16. The van der Waals surface area contributed by atoms with Crippen LogP contribution in [0.1, 0.15) is 6.92 Å². The van der Waals surface area contributed by atoms with Gasteiger partial charge in [-0.1, -0.05) is 22.0 Å². The maximum absolute atomic E-state index is 12.3. The number of anilines is 1. The molecule has 0 fully saturated rings. The second kappa shape index (κ2) is 6.76. The van der Waals surface area contributed by atoms with Gasteiger partial charge in [0.2, 0.25) is 12.1 Å². The lowest BCUT2D eigenvalue weighted by Crippen LogP contribution is -2.34. The van der Waals surface area contributed by atoms with E-state index in [4.69, 9.17) is 0 Å².